The fourth-order valence-corrected chi connectivity index (χ4v) is 3.93. The van der Waals surface area contributed by atoms with E-state index in [0.717, 1.165) is 12.1 Å². The number of para-hydroxylation sites is 1. The number of carbonyl (C=O) groups is 1. The van der Waals surface area contributed by atoms with Gasteiger partial charge in [0.1, 0.15) is 11.8 Å². The molecule has 1 N–H and O–H groups in total. The molecule has 0 aliphatic rings. The van der Waals surface area contributed by atoms with Gasteiger partial charge in [-0.2, -0.15) is 13.2 Å². The Morgan fingerprint density at radius 1 is 0.892 bits per heavy atom. The van der Waals surface area contributed by atoms with Crippen LogP contribution in [0.15, 0.2) is 66.7 Å². The first-order chi connectivity index (χ1) is 17.2. The molecule has 200 valence electrons. The van der Waals surface area contributed by atoms with Gasteiger partial charge in [-0.15, -0.1) is 12.4 Å². The van der Waals surface area contributed by atoms with Crippen molar-refractivity contribution in [3.63, 3.8) is 0 Å². The van der Waals surface area contributed by atoms with E-state index in [9.17, 15) is 18.0 Å². The highest BCUT2D eigenvalue weighted by molar-refractivity contribution is 5.98. The fraction of sp³-hybridized carbons (Fsp3) is 0.296. The molecule has 0 saturated carbocycles. The third-order valence-electron chi connectivity index (χ3n) is 5.84. The lowest BCUT2D eigenvalue weighted by Crippen LogP contribution is -2.41. The van der Waals surface area contributed by atoms with Crippen molar-refractivity contribution in [1.29, 1.82) is 0 Å². The summed E-state index contributed by atoms with van der Waals surface area (Å²) in [7, 11) is 6.23. The maximum Gasteiger partial charge on any atom is 0.416 e. The summed E-state index contributed by atoms with van der Waals surface area (Å²) in [5.74, 6) is 1.24. The van der Waals surface area contributed by atoms with Crippen molar-refractivity contribution in [3.8, 4) is 17.2 Å². The predicted molar refractivity (Wildman–Crippen MR) is 139 cm³/mol. The number of anilines is 1. The quantitative estimate of drug-likeness (QED) is 0.359. The van der Waals surface area contributed by atoms with E-state index < -0.39 is 17.8 Å². The summed E-state index contributed by atoms with van der Waals surface area (Å²) in [6.07, 6.45) is -4.07. The number of rotatable bonds is 10. The molecule has 1 amide bonds. The topological polar surface area (TPSA) is 60.0 Å². The highest BCUT2D eigenvalue weighted by Gasteiger charge is 2.31. The Hall–Kier alpha value is -3.43. The van der Waals surface area contributed by atoms with Gasteiger partial charge in [-0.1, -0.05) is 30.3 Å². The number of methoxy groups -OCH3 is 3. The molecule has 3 aromatic rings. The zero-order chi connectivity index (χ0) is 26.3. The van der Waals surface area contributed by atoms with Gasteiger partial charge in [-0.3, -0.25) is 4.79 Å². The molecule has 0 aliphatic heterocycles. The van der Waals surface area contributed by atoms with E-state index in [1.54, 1.807) is 42.3 Å². The van der Waals surface area contributed by atoms with E-state index in [4.69, 9.17) is 14.2 Å². The van der Waals surface area contributed by atoms with Crippen LogP contribution in [0.3, 0.4) is 0 Å². The van der Waals surface area contributed by atoms with Crippen LogP contribution in [-0.2, 0) is 17.4 Å². The second-order valence-electron chi connectivity index (χ2n) is 7.94. The van der Waals surface area contributed by atoms with Crippen LogP contribution in [0.4, 0.5) is 18.9 Å². The van der Waals surface area contributed by atoms with Crippen LogP contribution in [0.25, 0.3) is 0 Å². The molecule has 3 rings (SSSR count). The van der Waals surface area contributed by atoms with Crippen molar-refractivity contribution in [3.05, 3.63) is 83.4 Å². The van der Waals surface area contributed by atoms with E-state index in [1.807, 2.05) is 12.1 Å². The first kappa shape index (κ1) is 29.8. The van der Waals surface area contributed by atoms with E-state index in [0.29, 0.717) is 40.5 Å². The maximum absolute atomic E-state index is 13.9. The SMILES string of the molecule is CN[C@H](C(=O)N(CCc1ccc(C(F)(F)F)cc1)c1ccc(OC)c(OC)c1)c1ccccc1OC.Cl. The Kier molecular flexibility index (Phi) is 10.6. The van der Waals surface area contributed by atoms with Crippen LogP contribution in [0.2, 0.25) is 0 Å². The molecule has 0 unspecified atom stereocenters. The number of nitrogens with one attached hydrogen (secondary N) is 1. The number of carbonyl (C=O) groups excluding carboxylic acids is 1. The minimum atomic E-state index is -4.41. The van der Waals surface area contributed by atoms with Crippen molar-refractivity contribution in [2.75, 3.05) is 39.8 Å². The largest absolute Gasteiger partial charge is 0.496 e. The Balaban J connectivity index is 0.00000481. The van der Waals surface area contributed by atoms with Crippen LogP contribution in [0, 0.1) is 0 Å². The van der Waals surface area contributed by atoms with Gasteiger partial charge in [0.15, 0.2) is 11.5 Å². The van der Waals surface area contributed by atoms with Gasteiger partial charge in [0.25, 0.3) is 0 Å². The number of amides is 1. The third-order valence-corrected chi connectivity index (χ3v) is 5.84. The molecule has 0 saturated heterocycles. The summed E-state index contributed by atoms with van der Waals surface area (Å²) in [6.45, 7) is 0.215. The molecular weight excluding hydrogens is 509 g/mol. The molecule has 6 nitrogen and oxygen atoms in total. The Bertz CT molecular complexity index is 1170. The number of hydrogen-bond acceptors (Lipinski definition) is 5. The van der Waals surface area contributed by atoms with Crippen molar-refractivity contribution in [2.45, 2.75) is 18.6 Å². The summed E-state index contributed by atoms with van der Waals surface area (Å²) >= 11 is 0. The van der Waals surface area contributed by atoms with Gasteiger partial charge < -0.3 is 24.4 Å². The first-order valence-corrected chi connectivity index (χ1v) is 11.2. The number of benzene rings is 3. The maximum atomic E-state index is 13.9. The normalized spacial score (nSPS) is 11.8. The van der Waals surface area contributed by atoms with Crippen molar-refractivity contribution in [1.82, 2.24) is 5.32 Å². The van der Waals surface area contributed by atoms with Crippen molar-refractivity contribution >= 4 is 24.0 Å². The zero-order valence-corrected chi connectivity index (χ0v) is 21.8. The summed E-state index contributed by atoms with van der Waals surface area (Å²) in [5.41, 5.74) is 1.16. The molecule has 0 bridgehead atoms. The number of likely N-dealkylation sites (N-methyl/N-ethyl adjacent to an activating group) is 1. The van der Waals surface area contributed by atoms with E-state index in [-0.39, 0.29) is 24.9 Å². The molecule has 0 aromatic heterocycles. The number of ether oxygens (including phenoxy) is 3. The molecule has 37 heavy (non-hydrogen) atoms. The number of alkyl halides is 3. The Morgan fingerprint density at radius 3 is 2.08 bits per heavy atom. The predicted octanol–water partition coefficient (Wildman–Crippen LogP) is 5.69. The average molecular weight is 539 g/mol. The van der Waals surface area contributed by atoms with Gasteiger partial charge in [0.2, 0.25) is 5.91 Å². The minimum absolute atomic E-state index is 0. The number of halogens is 4. The van der Waals surface area contributed by atoms with Gasteiger partial charge in [0, 0.05) is 23.9 Å². The van der Waals surface area contributed by atoms with E-state index in [2.05, 4.69) is 5.32 Å². The second-order valence-corrected chi connectivity index (χ2v) is 7.94. The molecule has 3 aromatic carbocycles. The van der Waals surface area contributed by atoms with Gasteiger partial charge in [0.05, 0.1) is 26.9 Å². The highest BCUT2D eigenvalue weighted by atomic mass is 35.5. The third kappa shape index (κ3) is 7.08. The van der Waals surface area contributed by atoms with E-state index >= 15 is 0 Å². The monoisotopic (exact) mass is 538 g/mol. The summed E-state index contributed by atoms with van der Waals surface area (Å²) in [6, 6.07) is 16.5. The zero-order valence-electron chi connectivity index (χ0n) is 21.0. The molecule has 0 fully saturated rings. The molecule has 0 radical (unpaired) electrons. The van der Waals surface area contributed by atoms with Crippen LogP contribution in [-0.4, -0.2) is 40.8 Å². The second kappa shape index (κ2) is 13.2. The summed E-state index contributed by atoms with van der Waals surface area (Å²) in [4.78, 5) is 15.5. The average Bonchev–Trinajstić information content (AvgIpc) is 2.89. The molecule has 0 spiro atoms. The first-order valence-electron chi connectivity index (χ1n) is 11.2. The number of nitrogens with zero attached hydrogens (tertiary/aromatic N) is 1. The molecule has 10 heteroatoms. The van der Waals surface area contributed by atoms with Crippen LogP contribution in [0.1, 0.15) is 22.7 Å². The number of hydrogen-bond donors (Lipinski definition) is 1. The van der Waals surface area contributed by atoms with E-state index in [1.165, 1.54) is 33.5 Å². The lowest BCUT2D eigenvalue weighted by Gasteiger charge is -2.29. The van der Waals surface area contributed by atoms with Gasteiger partial charge in [-0.05, 0) is 49.4 Å². The van der Waals surface area contributed by atoms with Crippen LogP contribution < -0.4 is 24.4 Å². The molecule has 0 aliphatic carbocycles. The smallest absolute Gasteiger partial charge is 0.416 e. The van der Waals surface area contributed by atoms with Gasteiger partial charge >= 0.3 is 6.18 Å². The Labute approximate surface area is 220 Å². The molecule has 0 heterocycles. The highest BCUT2D eigenvalue weighted by Crippen LogP contribution is 2.34. The van der Waals surface area contributed by atoms with Crippen molar-refractivity contribution in [2.24, 2.45) is 0 Å². The lowest BCUT2D eigenvalue weighted by molar-refractivity contribution is -0.137. The molecule has 1 atom stereocenters. The Morgan fingerprint density at radius 2 is 1.51 bits per heavy atom. The summed E-state index contributed by atoms with van der Waals surface area (Å²) in [5, 5.41) is 3.06. The van der Waals surface area contributed by atoms with Crippen LogP contribution >= 0.6 is 12.4 Å². The van der Waals surface area contributed by atoms with Gasteiger partial charge in [-0.25, -0.2) is 0 Å². The standard InChI is InChI=1S/C27H29F3N2O4.ClH/c1-31-25(21-7-5-6-8-22(21)34-2)26(33)32(20-13-14-23(35-3)24(17-20)36-4)16-15-18-9-11-19(12-10-18)27(28,29)30;/h5-14,17,25,31H,15-16H2,1-4H3;1H/t25-;/m0./s1. The molecular formula is C27H30ClF3N2O4. The lowest BCUT2D eigenvalue weighted by atomic mass is 10.0. The summed E-state index contributed by atoms with van der Waals surface area (Å²) < 4.78 is 55.1. The fourth-order valence-electron chi connectivity index (χ4n) is 3.93. The van der Waals surface area contributed by atoms with Crippen molar-refractivity contribution < 1.29 is 32.2 Å². The van der Waals surface area contributed by atoms with Crippen LogP contribution in [0.5, 0.6) is 17.2 Å². The minimum Gasteiger partial charge on any atom is -0.496 e.